The number of benzene rings is 3. The first-order chi connectivity index (χ1) is 20.8. The first-order valence-corrected chi connectivity index (χ1v) is 14.6. The Morgan fingerprint density at radius 1 is 1.16 bits per heavy atom. The van der Waals surface area contributed by atoms with Gasteiger partial charge in [0.15, 0.2) is 11.5 Å². The molecule has 4 heterocycles. The van der Waals surface area contributed by atoms with E-state index in [-0.39, 0.29) is 28.7 Å². The summed E-state index contributed by atoms with van der Waals surface area (Å²) in [4.78, 5) is 19.0. The predicted molar refractivity (Wildman–Crippen MR) is 154 cm³/mol. The number of nitriles is 1. The molecule has 0 aliphatic carbocycles. The number of carboxylic acid groups (broad SMARTS) is 1. The number of carbonyl (C=O) groups is 1. The van der Waals surface area contributed by atoms with E-state index in [1.165, 1.54) is 6.07 Å². The third kappa shape index (κ3) is 4.98. The molecular formula is C33H31FN4O5. The molecule has 0 bridgehead atoms. The van der Waals surface area contributed by atoms with Crippen LogP contribution < -0.4 is 9.47 Å². The van der Waals surface area contributed by atoms with Gasteiger partial charge in [0.1, 0.15) is 5.82 Å². The number of carboxylic acids is 1. The molecule has 0 radical (unpaired) electrons. The smallest absolute Gasteiger partial charge is 0.335 e. The number of imidazole rings is 1. The maximum absolute atomic E-state index is 14.9. The molecule has 4 aromatic rings. The number of halogens is 1. The van der Waals surface area contributed by atoms with Gasteiger partial charge in [0.2, 0.25) is 0 Å². The Labute approximate surface area is 248 Å². The molecule has 1 unspecified atom stereocenters. The second-order valence-electron chi connectivity index (χ2n) is 11.7. The average Bonchev–Trinajstić information content (AvgIpc) is 3.55. The summed E-state index contributed by atoms with van der Waals surface area (Å²) in [7, 11) is 0. The number of aromatic nitrogens is 2. The van der Waals surface area contributed by atoms with Crippen molar-refractivity contribution in [1.82, 2.24) is 14.5 Å². The maximum atomic E-state index is 14.9. The SMILES string of the molecule is CC1(c2ccc(C#N)cc2F)Oc2cccc(C3CCN(Cc4cc(C(=O)O)cc5c4ncn5C[C@@H]4CCO4)CC3)c2O1. The Balaban J connectivity index is 1.07. The van der Waals surface area contributed by atoms with Gasteiger partial charge >= 0.3 is 5.97 Å². The van der Waals surface area contributed by atoms with Gasteiger partial charge in [-0.2, -0.15) is 5.26 Å². The van der Waals surface area contributed by atoms with Crippen molar-refractivity contribution in [2.24, 2.45) is 0 Å². The van der Waals surface area contributed by atoms with Crippen molar-refractivity contribution < 1.29 is 28.5 Å². The van der Waals surface area contributed by atoms with Crippen LogP contribution in [0.1, 0.15) is 64.7 Å². The quantitative estimate of drug-likeness (QED) is 0.302. The number of likely N-dealkylation sites (tertiary alicyclic amines) is 1. The lowest BCUT2D eigenvalue weighted by molar-refractivity contribution is -0.0712. The number of hydrogen-bond donors (Lipinski definition) is 1. The lowest BCUT2D eigenvalue weighted by atomic mass is 9.88. The summed E-state index contributed by atoms with van der Waals surface area (Å²) in [5.41, 5.74) is 4.31. The van der Waals surface area contributed by atoms with Crippen LogP contribution in [0, 0.1) is 17.1 Å². The molecule has 2 saturated heterocycles. The van der Waals surface area contributed by atoms with Crippen LogP contribution in [0.15, 0.2) is 54.9 Å². The predicted octanol–water partition coefficient (Wildman–Crippen LogP) is 5.56. The topological polar surface area (TPSA) is 110 Å². The Hall–Kier alpha value is -4.46. The van der Waals surface area contributed by atoms with Gasteiger partial charge in [0, 0.05) is 25.6 Å². The number of hydrogen-bond acceptors (Lipinski definition) is 7. The summed E-state index contributed by atoms with van der Waals surface area (Å²) >= 11 is 0. The lowest BCUT2D eigenvalue weighted by Gasteiger charge is -2.33. The lowest BCUT2D eigenvalue weighted by Crippen LogP contribution is -2.33. The minimum Gasteiger partial charge on any atom is -0.478 e. The van der Waals surface area contributed by atoms with Gasteiger partial charge in [-0.1, -0.05) is 12.1 Å². The number of fused-ring (bicyclic) bond motifs is 2. The highest BCUT2D eigenvalue weighted by atomic mass is 19.1. The molecule has 9 nitrogen and oxygen atoms in total. The summed E-state index contributed by atoms with van der Waals surface area (Å²) in [5, 5.41) is 18.9. The first-order valence-electron chi connectivity index (χ1n) is 14.6. The second-order valence-corrected chi connectivity index (χ2v) is 11.7. The van der Waals surface area contributed by atoms with Crippen LogP contribution in [-0.2, 0) is 23.6 Å². The van der Waals surface area contributed by atoms with Crippen LogP contribution in [0.25, 0.3) is 11.0 Å². The summed E-state index contributed by atoms with van der Waals surface area (Å²) < 4.78 is 35.0. The van der Waals surface area contributed by atoms with E-state index in [1.54, 1.807) is 37.5 Å². The molecule has 3 aromatic carbocycles. The van der Waals surface area contributed by atoms with E-state index in [9.17, 15) is 14.3 Å². The molecule has 7 rings (SSSR count). The normalized spacial score (nSPS) is 21.9. The number of rotatable bonds is 7. The summed E-state index contributed by atoms with van der Waals surface area (Å²) in [6.07, 6.45) is 4.66. The average molecular weight is 583 g/mol. The second kappa shape index (κ2) is 10.7. The maximum Gasteiger partial charge on any atom is 0.335 e. The van der Waals surface area contributed by atoms with Gasteiger partial charge in [0.05, 0.1) is 52.8 Å². The van der Waals surface area contributed by atoms with Crippen molar-refractivity contribution in [2.45, 2.75) is 57.1 Å². The summed E-state index contributed by atoms with van der Waals surface area (Å²) in [6, 6.07) is 15.5. The van der Waals surface area contributed by atoms with Crippen molar-refractivity contribution in [1.29, 1.82) is 5.26 Å². The van der Waals surface area contributed by atoms with E-state index in [0.717, 1.165) is 61.1 Å². The minimum absolute atomic E-state index is 0.142. The van der Waals surface area contributed by atoms with Crippen molar-refractivity contribution in [3.05, 3.63) is 88.5 Å². The Morgan fingerprint density at radius 3 is 2.67 bits per heavy atom. The largest absolute Gasteiger partial charge is 0.478 e. The van der Waals surface area contributed by atoms with E-state index >= 15 is 0 Å². The fourth-order valence-corrected chi connectivity index (χ4v) is 6.45. The molecule has 0 saturated carbocycles. The Bertz CT molecular complexity index is 1770. The van der Waals surface area contributed by atoms with Crippen molar-refractivity contribution in [2.75, 3.05) is 19.7 Å². The highest BCUT2D eigenvalue weighted by Crippen LogP contribution is 2.49. The molecular weight excluding hydrogens is 551 g/mol. The van der Waals surface area contributed by atoms with Crippen LogP contribution in [0.3, 0.4) is 0 Å². The molecule has 220 valence electrons. The third-order valence-corrected chi connectivity index (χ3v) is 8.86. The molecule has 0 amide bonds. The van der Waals surface area contributed by atoms with Crippen molar-refractivity contribution in [3.8, 4) is 17.6 Å². The van der Waals surface area contributed by atoms with E-state index in [2.05, 4.69) is 9.88 Å². The number of para-hydroxylation sites is 1. The van der Waals surface area contributed by atoms with Crippen LogP contribution in [0.2, 0.25) is 0 Å². The molecule has 43 heavy (non-hydrogen) atoms. The molecule has 3 aliphatic rings. The summed E-state index contributed by atoms with van der Waals surface area (Å²) in [5.74, 6) is -1.43. The fourth-order valence-electron chi connectivity index (χ4n) is 6.45. The van der Waals surface area contributed by atoms with Crippen molar-refractivity contribution >= 4 is 17.0 Å². The highest BCUT2D eigenvalue weighted by molar-refractivity contribution is 5.93. The van der Waals surface area contributed by atoms with E-state index in [1.807, 2.05) is 28.8 Å². The van der Waals surface area contributed by atoms with Gasteiger partial charge < -0.3 is 23.9 Å². The van der Waals surface area contributed by atoms with Gasteiger partial charge in [-0.15, -0.1) is 0 Å². The summed E-state index contributed by atoms with van der Waals surface area (Å²) in [6.45, 7) is 5.34. The van der Waals surface area contributed by atoms with E-state index in [4.69, 9.17) is 19.5 Å². The highest BCUT2D eigenvalue weighted by Gasteiger charge is 2.43. The number of ether oxygens (including phenoxy) is 3. The van der Waals surface area contributed by atoms with Gasteiger partial charge in [-0.3, -0.25) is 4.90 Å². The van der Waals surface area contributed by atoms with Gasteiger partial charge in [-0.25, -0.2) is 14.2 Å². The van der Waals surface area contributed by atoms with Gasteiger partial charge in [0.25, 0.3) is 5.79 Å². The molecule has 2 atom stereocenters. The van der Waals surface area contributed by atoms with E-state index in [0.29, 0.717) is 24.6 Å². The van der Waals surface area contributed by atoms with Crippen LogP contribution in [0.5, 0.6) is 11.5 Å². The monoisotopic (exact) mass is 582 g/mol. The number of aromatic carboxylic acids is 1. The third-order valence-electron chi connectivity index (χ3n) is 8.86. The first kappa shape index (κ1) is 27.4. The van der Waals surface area contributed by atoms with E-state index < -0.39 is 17.6 Å². The van der Waals surface area contributed by atoms with Crippen molar-refractivity contribution in [3.63, 3.8) is 0 Å². The van der Waals surface area contributed by atoms with Gasteiger partial charge in [-0.05, 0) is 80.2 Å². The number of piperidine rings is 1. The van der Waals surface area contributed by atoms with Crippen LogP contribution in [0.4, 0.5) is 4.39 Å². The Morgan fingerprint density at radius 2 is 1.98 bits per heavy atom. The molecule has 10 heteroatoms. The fraction of sp³-hybridized carbons (Fsp3) is 0.364. The zero-order chi connectivity index (χ0) is 29.7. The zero-order valence-corrected chi connectivity index (χ0v) is 23.8. The molecule has 0 spiro atoms. The molecule has 1 N–H and O–H groups in total. The molecule has 3 aliphatic heterocycles. The number of nitrogens with zero attached hydrogens (tertiary/aromatic N) is 4. The molecule has 1 aromatic heterocycles. The van der Waals surface area contributed by atoms with Crippen LogP contribution in [-0.4, -0.2) is 51.3 Å². The minimum atomic E-state index is -1.34. The molecule has 2 fully saturated rings. The van der Waals surface area contributed by atoms with Crippen LogP contribution >= 0.6 is 0 Å². The Kier molecular flexibility index (Phi) is 6.79. The zero-order valence-electron chi connectivity index (χ0n) is 23.8. The standard InChI is InChI=1S/C33H31FN4O5/c1-33(26-6-5-20(16-35)13-27(26)34)42-29-4-2-3-25(31(29)43-33)21-7-10-37(11-8-21)17-23-14-22(32(39)40)15-28-30(23)36-19-38(28)18-24-9-12-41-24/h2-6,13-15,19,21,24H,7-12,17-18H2,1H3,(H,39,40)/t24-,33?/m0/s1.